The van der Waals surface area contributed by atoms with Gasteiger partial charge in [-0.15, -0.1) is 0 Å². The van der Waals surface area contributed by atoms with Crippen molar-refractivity contribution in [3.05, 3.63) is 48.0 Å². The summed E-state index contributed by atoms with van der Waals surface area (Å²) in [5, 5.41) is 2.93. The molecule has 2 rings (SSSR count). The van der Waals surface area contributed by atoms with Crippen LogP contribution in [0.25, 0.3) is 0 Å². The van der Waals surface area contributed by atoms with E-state index < -0.39 is 10.0 Å². The number of methoxy groups -OCH3 is 2. The number of rotatable bonds is 13. The lowest BCUT2D eigenvalue weighted by molar-refractivity contribution is -0.119. The quantitative estimate of drug-likeness (QED) is 0.459. The lowest BCUT2D eigenvalue weighted by atomic mass is 9.99. The molecular formula is C25H36N2O5S. The first kappa shape index (κ1) is 26.5. The Kier molecular flexibility index (Phi) is 10.0. The van der Waals surface area contributed by atoms with Gasteiger partial charge in [0.1, 0.15) is 6.54 Å². The lowest BCUT2D eigenvalue weighted by Gasteiger charge is -2.25. The third-order valence-corrected chi connectivity index (χ3v) is 7.45. The van der Waals surface area contributed by atoms with Crippen LogP contribution in [-0.2, 0) is 14.8 Å². The number of ether oxygens (including phenoxy) is 2. The molecule has 0 saturated carbocycles. The third kappa shape index (κ3) is 7.12. The van der Waals surface area contributed by atoms with E-state index >= 15 is 0 Å². The van der Waals surface area contributed by atoms with Crippen molar-refractivity contribution in [1.29, 1.82) is 0 Å². The van der Waals surface area contributed by atoms with Crippen molar-refractivity contribution >= 4 is 21.6 Å². The number of aryl methyl sites for hydroxylation is 1. The van der Waals surface area contributed by atoms with E-state index in [-0.39, 0.29) is 17.3 Å². The summed E-state index contributed by atoms with van der Waals surface area (Å²) in [5.41, 5.74) is 1.41. The number of carbonyl (C=O) groups is 1. The number of nitrogens with one attached hydrogen (secondary N) is 1. The van der Waals surface area contributed by atoms with Gasteiger partial charge in [0.15, 0.2) is 11.5 Å². The molecule has 0 bridgehead atoms. The Morgan fingerprint density at radius 2 is 1.70 bits per heavy atom. The maximum atomic E-state index is 13.6. The number of nitrogens with zero attached hydrogens (tertiary/aromatic N) is 1. The van der Waals surface area contributed by atoms with Crippen LogP contribution in [0.1, 0.15) is 45.1 Å². The molecule has 0 spiro atoms. The number of unbranched alkanes of at least 4 members (excludes halogenated alkanes) is 1. The summed E-state index contributed by atoms with van der Waals surface area (Å²) in [4.78, 5) is 12.8. The van der Waals surface area contributed by atoms with Crippen molar-refractivity contribution in [3.8, 4) is 11.5 Å². The number of sulfonamides is 1. The van der Waals surface area contributed by atoms with Gasteiger partial charge in [-0.05, 0) is 43.5 Å². The van der Waals surface area contributed by atoms with Crippen LogP contribution >= 0.6 is 0 Å². The standard InChI is InChI=1S/C25H36N2O5S/c1-6-8-9-20(7-2)17-26-25(28)18-27(21-12-10-19(3)11-13-21)33(29,30)22-14-15-23(31-4)24(16-22)32-5/h10-16,20H,6-9,17-18H2,1-5H3,(H,26,28)/t20-/m1/s1. The number of amides is 1. The van der Waals surface area contributed by atoms with E-state index in [1.54, 1.807) is 18.2 Å². The predicted octanol–water partition coefficient (Wildman–Crippen LogP) is 4.54. The molecule has 8 heteroatoms. The van der Waals surface area contributed by atoms with Crippen molar-refractivity contribution in [1.82, 2.24) is 5.32 Å². The number of hydrogen-bond acceptors (Lipinski definition) is 5. The Labute approximate surface area is 198 Å². The van der Waals surface area contributed by atoms with E-state index in [2.05, 4.69) is 19.2 Å². The first-order valence-corrected chi connectivity index (χ1v) is 12.8. The molecule has 0 aliphatic heterocycles. The van der Waals surface area contributed by atoms with Crippen molar-refractivity contribution in [2.75, 3.05) is 31.6 Å². The fourth-order valence-electron chi connectivity index (χ4n) is 3.52. The molecule has 1 amide bonds. The summed E-state index contributed by atoms with van der Waals surface area (Å²) in [6.07, 6.45) is 4.22. The van der Waals surface area contributed by atoms with Gasteiger partial charge >= 0.3 is 0 Å². The van der Waals surface area contributed by atoms with Gasteiger partial charge in [-0.3, -0.25) is 9.10 Å². The van der Waals surface area contributed by atoms with Crippen LogP contribution in [0.4, 0.5) is 5.69 Å². The highest BCUT2D eigenvalue weighted by Gasteiger charge is 2.28. The van der Waals surface area contributed by atoms with Gasteiger partial charge in [0.05, 0.1) is 24.8 Å². The van der Waals surface area contributed by atoms with E-state index in [1.165, 1.54) is 26.4 Å². The molecule has 33 heavy (non-hydrogen) atoms. The second kappa shape index (κ2) is 12.5. The van der Waals surface area contributed by atoms with Crippen molar-refractivity contribution in [3.63, 3.8) is 0 Å². The highest BCUT2D eigenvalue weighted by atomic mass is 32.2. The van der Waals surface area contributed by atoms with Crippen molar-refractivity contribution in [2.45, 2.75) is 51.3 Å². The maximum absolute atomic E-state index is 13.6. The summed E-state index contributed by atoms with van der Waals surface area (Å²) in [6, 6.07) is 11.5. The fourth-order valence-corrected chi connectivity index (χ4v) is 4.96. The summed E-state index contributed by atoms with van der Waals surface area (Å²) in [6.45, 7) is 6.39. The average Bonchev–Trinajstić information content (AvgIpc) is 2.82. The molecule has 0 heterocycles. The Hall–Kier alpha value is -2.74. The first-order chi connectivity index (χ1) is 15.8. The Morgan fingerprint density at radius 1 is 1.03 bits per heavy atom. The lowest BCUT2D eigenvalue weighted by Crippen LogP contribution is -2.42. The minimum atomic E-state index is -4.04. The van der Waals surface area contributed by atoms with Gasteiger partial charge in [0, 0.05) is 12.6 Å². The molecule has 7 nitrogen and oxygen atoms in total. The largest absolute Gasteiger partial charge is 0.493 e. The molecule has 2 aromatic rings. The summed E-state index contributed by atoms with van der Waals surface area (Å²) >= 11 is 0. The van der Waals surface area contributed by atoms with Crippen LogP contribution in [0, 0.1) is 12.8 Å². The normalized spacial score (nSPS) is 12.2. The fraction of sp³-hybridized carbons (Fsp3) is 0.480. The molecule has 1 atom stereocenters. The summed E-state index contributed by atoms with van der Waals surface area (Å²) < 4.78 is 38.8. The van der Waals surface area contributed by atoms with Gasteiger partial charge in [-0.25, -0.2) is 8.42 Å². The molecule has 0 fully saturated rings. The van der Waals surface area contributed by atoms with Gasteiger partial charge < -0.3 is 14.8 Å². The summed E-state index contributed by atoms with van der Waals surface area (Å²) in [7, 11) is -1.11. The predicted molar refractivity (Wildman–Crippen MR) is 132 cm³/mol. The number of benzene rings is 2. The van der Waals surface area contributed by atoms with Crippen LogP contribution in [0.3, 0.4) is 0 Å². The molecule has 0 saturated heterocycles. The molecule has 2 aromatic carbocycles. The Bertz CT molecular complexity index is 1010. The van der Waals surface area contributed by atoms with Gasteiger partial charge in [0.25, 0.3) is 10.0 Å². The highest BCUT2D eigenvalue weighted by molar-refractivity contribution is 7.92. The van der Waals surface area contributed by atoms with E-state index in [9.17, 15) is 13.2 Å². The van der Waals surface area contributed by atoms with Gasteiger partial charge in [-0.1, -0.05) is 50.8 Å². The zero-order valence-electron chi connectivity index (χ0n) is 20.3. The molecule has 182 valence electrons. The number of hydrogen-bond donors (Lipinski definition) is 1. The molecule has 0 aromatic heterocycles. The van der Waals surface area contributed by atoms with Crippen LogP contribution in [0.15, 0.2) is 47.4 Å². The zero-order valence-corrected chi connectivity index (χ0v) is 21.1. The average molecular weight is 477 g/mol. The van der Waals surface area contributed by atoms with Crippen LogP contribution in [0.5, 0.6) is 11.5 Å². The van der Waals surface area contributed by atoms with Crippen molar-refractivity contribution in [2.24, 2.45) is 5.92 Å². The minimum Gasteiger partial charge on any atom is -0.493 e. The van der Waals surface area contributed by atoms with E-state index in [0.717, 1.165) is 35.6 Å². The Balaban J connectivity index is 2.32. The first-order valence-electron chi connectivity index (χ1n) is 11.3. The minimum absolute atomic E-state index is 0.0166. The van der Waals surface area contributed by atoms with Gasteiger partial charge in [-0.2, -0.15) is 0 Å². The Morgan fingerprint density at radius 3 is 2.27 bits per heavy atom. The zero-order chi connectivity index (χ0) is 24.4. The van der Waals surface area contributed by atoms with E-state index in [0.29, 0.717) is 29.6 Å². The van der Waals surface area contributed by atoms with Crippen molar-refractivity contribution < 1.29 is 22.7 Å². The van der Waals surface area contributed by atoms with Crippen LogP contribution < -0.4 is 19.1 Å². The second-order valence-electron chi connectivity index (χ2n) is 8.08. The highest BCUT2D eigenvalue weighted by Crippen LogP contribution is 2.32. The molecule has 0 unspecified atom stereocenters. The second-order valence-corrected chi connectivity index (χ2v) is 9.95. The third-order valence-electron chi connectivity index (χ3n) is 5.68. The van der Waals surface area contributed by atoms with Crippen LogP contribution in [-0.4, -0.2) is 41.6 Å². The monoisotopic (exact) mass is 476 g/mol. The van der Waals surface area contributed by atoms with Crippen LogP contribution in [0.2, 0.25) is 0 Å². The SMILES string of the molecule is CCCC[C@@H](CC)CNC(=O)CN(c1ccc(C)cc1)S(=O)(=O)c1ccc(OC)c(OC)c1. The molecule has 1 N–H and O–H groups in total. The van der Waals surface area contributed by atoms with Gasteiger partial charge in [0.2, 0.25) is 5.91 Å². The number of carbonyl (C=O) groups excluding carboxylic acids is 1. The van der Waals surface area contributed by atoms with E-state index in [1.807, 2.05) is 19.1 Å². The molecule has 0 aliphatic rings. The maximum Gasteiger partial charge on any atom is 0.264 e. The number of anilines is 1. The van der Waals surface area contributed by atoms with E-state index in [4.69, 9.17) is 9.47 Å². The molecule has 0 aliphatic carbocycles. The molecule has 0 radical (unpaired) electrons. The smallest absolute Gasteiger partial charge is 0.264 e. The summed E-state index contributed by atoms with van der Waals surface area (Å²) in [5.74, 6) is 0.765. The molecular weight excluding hydrogens is 440 g/mol. The topological polar surface area (TPSA) is 84.9 Å².